The zero-order valence-corrected chi connectivity index (χ0v) is 11.3. The first-order valence-electron chi connectivity index (χ1n) is 5.66. The van der Waals surface area contributed by atoms with Crippen molar-refractivity contribution >= 4 is 27.7 Å². The summed E-state index contributed by atoms with van der Waals surface area (Å²) in [7, 11) is 0. The lowest BCUT2D eigenvalue weighted by atomic mass is 10.2. The van der Waals surface area contributed by atoms with Gasteiger partial charge in [-0.2, -0.15) is 0 Å². The monoisotopic (exact) mass is 305 g/mol. The standard InChI is InChI=1S/C15H13BrFN/c16-14-11-13(8-9-15(14)17)18-10-4-7-12-5-2-1-3-6-12/h1-9,11,18H,10H2/b7-4+. The van der Waals surface area contributed by atoms with E-state index >= 15 is 0 Å². The number of anilines is 1. The Labute approximate surface area is 114 Å². The molecular formula is C15H13BrFN. The van der Waals surface area contributed by atoms with Crippen LogP contribution < -0.4 is 5.32 Å². The van der Waals surface area contributed by atoms with Crippen LogP contribution in [0.15, 0.2) is 59.1 Å². The van der Waals surface area contributed by atoms with Gasteiger partial charge < -0.3 is 5.32 Å². The molecule has 0 aliphatic carbocycles. The summed E-state index contributed by atoms with van der Waals surface area (Å²) in [5.41, 5.74) is 2.06. The van der Waals surface area contributed by atoms with E-state index < -0.39 is 0 Å². The largest absolute Gasteiger partial charge is 0.382 e. The van der Waals surface area contributed by atoms with Crippen molar-refractivity contribution in [1.82, 2.24) is 0 Å². The van der Waals surface area contributed by atoms with Gasteiger partial charge in [0, 0.05) is 12.2 Å². The highest BCUT2D eigenvalue weighted by Crippen LogP contribution is 2.19. The number of halogens is 2. The van der Waals surface area contributed by atoms with E-state index in [0.717, 1.165) is 5.69 Å². The first-order chi connectivity index (χ1) is 8.75. The maximum atomic E-state index is 13.0. The number of hydrogen-bond donors (Lipinski definition) is 1. The second kappa shape index (κ2) is 6.36. The molecule has 0 fully saturated rings. The second-order valence-electron chi connectivity index (χ2n) is 3.82. The van der Waals surface area contributed by atoms with E-state index in [1.54, 1.807) is 12.1 Å². The quantitative estimate of drug-likeness (QED) is 0.862. The van der Waals surface area contributed by atoms with Crippen LogP contribution in [0.25, 0.3) is 6.08 Å². The molecule has 2 rings (SSSR count). The van der Waals surface area contributed by atoms with Crippen LogP contribution in [-0.4, -0.2) is 6.54 Å². The lowest BCUT2D eigenvalue weighted by molar-refractivity contribution is 0.621. The highest BCUT2D eigenvalue weighted by Gasteiger charge is 1.98. The Balaban J connectivity index is 1.89. The number of rotatable bonds is 4. The molecule has 0 amide bonds. The average Bonchev–Trinajstić information content (AvgIpc) is 2.40. The van der Waals surface area contributed by atoms with Gasteiger partial charge in [0.05, 0.1) is 4.47 Å². The highest BCUT2D eigenvalue weighted by atomic mass is 79.9. The van der Waals surface area contributed by atoms with Crippen molar-refractivity contribution in [2.24, 2.45) is 0 Å². The topological polar surface area (TPSA) is 12.0 Å². The fourth-order valence-electron chi connectivity index (χ4n) is 1.54. The third-order valence-electron chi connectivity index (χ3n) is 2.45. The van der Waals surface area contributed by atoms with Crippen LogP contribution >= 0.6 is 15.9 Å². The predicted octanol–water partition coefficient (Wildman–Crippen LogP) is 4.71. The molecule has 0 spiro atoms. The molecule has 18 heavy (non-hydrogen) atoms. The van der Waals surface area contributed by atoms with Crippen molar-refractivity contribution in [3.05, 3.63) is 70.5 Å². The minimum Gasteiger partial charge on any atom is -0.382 e. The van der Waals surface area contributed by atoms with Crippen LogP contribution in [0.5, 0.6) is 0 Å². The summed E-state index contributed by atoms with van der Waals surface area (Å²) in [5, 5.41) is 3.20. The molecule has 3 heteroatoms. The molecule has 92 valence electrons. The molecule has 0 heterocycles. The first kappa shape index (κ1) is 12.8. The average molecular weight is 306 g/mol. The Morgan fingerprint density at radius 1 is 1.11 bits per heavy atom. The Kier molecular flexibility index (Phi) is 4.53. The number of nitrogens with one attached hydrogen (secondary N) is 1. The van der Waals surface area contributed by atoms with Crippen molar-refractivity contribution in [1.29, 1.82) is 0 Å². The van der Waals surface area contributed by atoms with Gasteiger partial charge in [0.2, 0.25) is 0 Å². The molecule has 0 aliphatic heterocycles. The number of hydrogen-bond acceptors (Lipinski definition) is 1. The third-order valence-corrected chi connectivity index (χ3v) is 3.06. The van der Waals surface area contributed by atoms with Crippen molar-refractivity contribution in [3.63, 3.8) is 0 Å². The van der Waals surface area contributed by atoms with Crippen LogP contribution in [0, 0.1) is 5.82 Å². The second-order valence-corrected chi connectivity index (χ2v) is 4.68. The van der Waals surface area contributed by atoms with Gasteiger partial charge in [-0.3, -0.25) is 0 Å². The van der Waals surface area contributed by atoms with Crippen LogP contribution in [0.1, 0.15) is 5.56 Å². The Morgan fingerprint density at radius 3 is 2.61 bits per heavy atom. The van der Waals surface area contributed by atoms with Crippen molar-refractivity contribution in [2.45, 2.75) is 0 Å². The van der Waals surface area contributed by atoms with Gasteiger partial charge in [-0.05, 0) is 39.7 Å². The van der Waals surface area contributed by atoms with Gasteiger partial charge in [0.15, 0.2) is 0 Å². The van der Waals surface area contributed by atoms with Crippen molar-refractivity contribution in [3.8, 4) is 0 Å². The summed E-state index contributed by atoms with van der Waals surface area (Å²) < 4.78 is 13.5. The zero-order valence-electron chi connectivity index (χ0n) is 9.74. The SMILES string of the molecule is Fc1ccc(NC/C=C/c2ccccc2)cc1Br. The molecule has 0 atom stereocenters. The van der Waals surface area contributed by atoms with Crippen LogP contribution in [0.3, 0.4) is 0 Å². The molecule has 0 aromatic heterocycles. The molecule has 0 aliphatic rings. The summed E-state index contributed by atoms with van der Waals surface area (Å²) in [6.45, 7) is 0.701. The smallest absolute Gasteiger partial charge is 0.137 e. The lowest BCUT2D eigenvalue weighted by Crippen LogP contribution is -1.98. The van der Waals surface area contributed by atoms with E-state index in [-0.39, 0.29) is 5.82 Å². The fraction of sp³-hybridized carbons (Fsp3) is 0.0667. The molecular weight excluding hydrogens is 293 g/mol. The Hall–Kier alpha value is -1.61. The molecule has 1 nitrogen and oxygen atoms in total. The van der Waals surface area contributed by atoms with Gasteiger partial charge >= 0.3 is 0 Å². The first-order valence-corrected chi connectivity index (χ1v) is 6.45. The molecule has 2 aromatic carbocycles. The molecule has 0 bridgehead atoms. The van der Waals surface area contributed by atoms with E-state index in [1.807, 2.05) is 42.5 Å². The van der Waals surface area contributed by atoms with Gasteiger partial charge in [-0.1, -0.05) is 42.5 Å². The summed E-state index contributed by atoms with van der Waals surface area (Å²) in [6, 6.07) is 15.0. The maximum absolute atomic E-state index is 13.0. The summed E-state index contributed by atoms with van der Waals surface area (Å²) in [6.07, 6.45) is 4.08. The van der Waals surface area contributed by atoms with E-state index in [0.29, 0.717) is 11.0 Å². The Morgan fingerprint density at radius 2 is 1.89 bits per heavy atom. The summed E-state index contributed by atoms with van der Waals surface area (Å²) in [5.74, 6) is -0.250. The van der Waals surface area contributed by atoms with E-state index in [1.165, 1.54) is 11.6 Å². The van der Waals surface area contributed by atoms with Gasteiger partial charge in [0.25, 0.3) is 0 Å². The lowest BCUT2D eigenvalue weighted by Gasteiger charge is -2.04. The fourth-order valence-corrected chi connectivity index (χ4v) is 1.92. The van der Waals surface area contributed by atoms with Crippen molar-refractivity contribution < 1.29 is 4.39 Å². The molecule has 0 radical (unpaired) electrons. The van der Waals surface area contributed by atoms with Crippen LogP contribution in [-0.2, 0) is 0 Å². The molecule has 0 saturated heterocycles. The highest BCUT2D eigenvalue weighted by molar-refractivity contribution is 9.10. The summed E-state index contributed by atoms with van der Waals surface area (Å²) >= 11 is 3.16. The van der Waals surface area contributed by atoms with E-state index in [9.17, 15) is 4.39 Å². The number of benzene rings is 2. The third kappa shape index (κ3) is 3.70. The molecule has 2 aromatic rings. The Bertz CT molecular complexity index is 537. The van der Waals surface area contributed by atoms with Crippen LogP contribution in [0.4, 0.5) is 10.1 Å². The molecule has 0 saturated carbocycles. The zero-order chi connectivity index (χ0) is 12.8. The van der Waals surface area contributed by atoms with Crippen molar-refractivity contribution in [2.75, 3.05) is 11.9 Å². The molecule has 1 N–H and O–H groups in total. The van der Waals surface area contributed by atoms with Gasteiger partial charge in [0.1, 0.15) is 5.82 Å². The minimum atomic E-state index is -0.250. The van der Waals surface area contributed by atoms with E-state index in [4.69, 9.17) is 0 Å². The van der Waals surface area contributed by atoms with E-state index in [2.05, 4.69) is 21.2 Å². The normalized spacial score (nSPS) is 10.8. The van der Waals surface area contributed by atoms with Crippen LogP contribution in [0.2, 0.25) is 0 Å². The maximum Gasteiger partial charge on any atom is 0.137 e. The summed E-state index contributed by atoms with van der Waals surface area (Å²) in [4.78, 5) is 0. The minimum absolute atomic E-state index is 0.250. The molecule has 0 unspecified atom stereocenters. The van der Waals surface area contributed by atoms with Gasteiger partial charge in [-0.25, -0.2) is 4.39 Å². The predicted molar refractivity (Wildman–Crippen MR) is 78.1 cm³/mol. The van der Waals surface area contributed by atoms with Gasteiger partial charge in [-0.15, -0.1) is 0 Å².